The van der Waals surface area contributed by atoms with Gasteiger partial charge in [0.25, 0.3) is 0 Å². The van der Waals surface area contributed by atoms with E-state index >= 15 is 0 Å². The normalized spacial score (nSPS) is 10.5. The highest BCUT2D eigenvalue weighted by Crippen LogP contribution is 2.40. The summed E-state index contributed by atoms with van der Waals surface area (Å²) < 4.78 is 26.4. The highest BCUT2D eigenvalue weighted by molar-refractivity contribution is 5.81. The second kappa shape index (κ2) is 7.82. The Hall–Kier alpha value is -3.48. The van der Waals surface area contributed by atoms with Gasteiger partial charge in [0.1, 0.15) is 11.3 Å². The van der Waals surface area contributed by atoms with Crippen LogP contribution in [0.15, 0.2) is 51.7 Å². The van der Waals surface area contributed by atoms with E-state index in [1.165, 1.54) is 33.5 Å². The van der Waals surface area contributed by atoms with E-state index in [4.69, 9.17) is 23.4 Å². The van der Waals surface area contributed by atoms with Crippen molar-refractivity contribution in [3.05, 3.63) is 58.4 Å². The van der Waals surface area contributed by atoms with Crippen LogP contribution in [0, 0.1) is 0 Å². The van der Waals surface area contributed by atoms with E-state index in [1.54, 1.807) is 30.3 Å². The number of carbonyl (C=O) groups is 1. The average molecular weight is 370 g/mol. The van der Waals surface area contributed by atoms with Crippen molar-refractivity contribution in [3.63, 3.8) is 0 Å². The van der Waals surface area contributed by atoms with Crippen LogP contribution in [-0.2, 0) is 11.2 Å². The molecule has 0 saturated heterocycles. The Morgan fingerprint density at radius 2 is 1.67 bits per heavy atom. The van der Waals surface area contributed by atoms with Crippen molar-refractivity contribution in [1.29, 1.82) is 0 Å². The molecular formula is C20H18O7. The van der Waals surface area contributed by atoms with Gasteiger partial charge in [0.15, 0.2) is 11.5 Å². The lowest BCUT2D eigenvalue weighted by Gasteiger charge is -2.15. The van der Waals surface area contributed by atoms with Gasteiger partial charge >= 0.3 is 11.6 Å². The summed E-state index contributed by atoms with van der Waals surface area (Å²) in [4.78, 5) is 23.7. The van der Waals surface area contributed by atoms with Crippen molar-refractivity contribution < 1.29 is 28.2 Å². The number of carbonyl (C=O) groups excluding carboxylic acids is 1. The first-order valence-electron chi connectivity index (χ1n) is 8.08. The minimum Gasteiger partial charge on any atom is -0.493 e. The summed E-state index contributed by atoms with van der Waals surface area (Å²) in [6.45, 7) is 0. The van der Waals surface area contributed by atoms with Crippen LogP contribution in [0.5, 0.6) is 23.0 Å². The van der Waals surface area contributed by atoms with Crippen molar-refractivity contribution in [3.8, 4) is 23.0 Å². The number of benzene rings is 2. The van der Waals surface area contributed by atoms with E-state index in [0.29, 0.717) is 28.4 Å². The molecular weight excluding hydrogens is 352 g/mol. The Kier molecular flexibility index (Phi) is 5.30. The summed E-state index contributed by atoms with van der Waals surface area (Å²) in [5, 5.41) is 0.732. The molecule has 0 saturated carbocycles. The van der Waals surface area contributed by atoms with Crippen molar-refractivity contribution in [2.75, 3.05) is 21.3 Å². The zero-order valence-electron chi connectivity index (χ0n) is 15.1. The van der Waals surface area contributed by atoms with Gasteiger partial charge in [-0.3, -0.25) is 4.79 Å². The topological polar surface area (TPSA) is 84.2 Å². The van der Waals surface area contributed by atoms with Crippen LogP contribution < -0.4 is 24.6 Å². The Morgan fingerprint density at radius 1 is 0.926 bits per heavy atom. The molecule has 3 aromatic rings. The molecule has 0 aliphatic rings. The van der Waals surface area contributed by atoms with Crippen LogP contribution in [0.3, 0.4) is 0 Å². The number of fused-ring (bicyclic) bond motifs is 1. The average Bonchev–Trinajstić information content (AvgIpc) is 2.67. The van der Waals surface area contributed by atoms with Crippen molar-refractivity contribution in [2.45, 2.75) is 6.42 Å². The van der Waals surface area contributed by atoms with Crippen LogP contribution in [0.2, 0.25) is 0 Å². The molecule has 1 heterocycles. The third kappa shape index (κ3) is 3.87. The minimum atomic E-state index is -0.502. The van der Waals surface area contributed by atoms with Crippen molar-refractivity contribution in [2.24, 2.45) is 0 Å². The van der Waals surface area contributed by atoms with Gasteiger partial charge in [-0.15, -0.1) is 0 Å². The molecule has 0 aliphatic carbocycles. The fraction of sp³-hybridized carbons (Fsp3) is 0.200. The summed E-state index contributed by atoms with van der Waals surface area (Å²) in [5.41, 5.74) is 0.463. The Bertz CT molecular complexity index is 1040. The summed E-state index contributed by atoms with van der Waals surface area (Å²) >= 11 is 0. The SMILES string of the molecule is COc1ccc(CC(=O)Oc2ccc3ccc(=O)oc3c2)c(OC)c1OC. The molecule has 0 amide bonds. The largest absolute Gasteiger partial charge is 0.493 e. The molecule has 7 nitrogen and oxygen atoms in total. The first-order chi connectivity index (χ1) is 13.0. The molecule has 3 rings (SSSR count). The highest BCUT2D eigenvalue weighted by atomic mass is 16.5. The van der Waals surface area contributed by atoms with E-state index in [0.717, 1.165) is 5.39 Å². The Morgan fingerprint density at radius 3 is 2.37 bits per heavy atom. The molecule has 0 N–H and O–H groups in total. The molecule has 0 fully saturated rings. The fourth-order valence-electron chi connectivity index (χ4n) is 2.73. The third-order valence-electron chi connectivity index (χ3n) is 3.95. The lowest BCUT2D eigenvalue weighted by Crippen LogP contribution is -2.12. The van der Waals surface area contributed by atoms with Crippen LogP contribution >= 0.6 is 0 Å². The number of hydrogen-bond donors (Lipinski definition) is 0. The Labute approximate surface area is 155 Å². The molecule has 0 unspecified atom stereocenters. The maximum absolute atomic E-state index is 12.4. The van der Waals surface area contributed by atoms with E-state index < -0.39 is 11.6 Å². The van der Waals surface area contributed by atoms with Gasteiger partial charge in [-0.1, -0.05) is 6.07 Å². The van der Waals surface area contributed by atoms with E-state index in [-0.39, 0.29) is 12.2 Å². The molecule has 0 atom stereocenters. The lowest BCUT2D eigenvalue weighted by atomic mass is 10.1. The van der Waals surface area contributed by atoms with Gasteiger partial charge < -0.3 is 23.4 Å². The maximum atomic E-state index is 12.4. The van der Waals surface area contributed by atoms with Gasteiger partial charge in [-0.2, -0.15) is 0 Å². The summed E-state index contributed by atoms with van der Waals surface area (Å²) in [6, 6.07) is 11.2. The number of ether oxygens (including phenoxy) is 4. The molecule has 0 bridgehead atoms. The van der Waals surface area contributed by atoms with Crippen molar-refractivity contribution >= 4 is 16.9 Å². The highest BCUT2D eigenvalue weighted by Gasteiger charge is 2.19. The first-order valence-corrected chi connectivity index (χ1v) is 8.08. The zero-order valence-corrected chi connectivity index (χ0v) is 15.1. The third-order valence-corrected chi connectivity index (χ3v) is 3.95. The molecule has 27 heavy (non-hydrogen) atoms. The van der Waals surface area contributed by atoms with Gasteiger partial charge in [-0.05, 0) is 24.3 Å². The van der Waals surface area contributed by atoms with Crippen LogP contribution in [0.1, 0.15) is 5.56 Å². The van der Waals surface area contributed by atoms with E-state index in [2.05, 4.69) is 0 Å². The first kappa shape index (κ1) is 18.3. The number of rotatable bonds is 6. The van der Waals surface area contributed by atoms with E-state index in [9.17, 15) is 9.59 Å². The van der Waals surface area contributed by atoms with Gasteiger partial charge in [0, 0.05) is 23.1 Å². The monoisotopic (exact) mass is 370 g/mol. The predicted molar refractivity (Wildman–Crippen MR) is 97.9 cm³/mol. The fourth-order valence-corrected chi connectivity index (χ4v) is 2.73. The molecule has 0 aliphatic heterocycles. The summed E-state index contributed by atoms with van der Waals surface area (Å²) in [5.74, 6) is 1.08. The second-order valence-corrected chi connectivity index (χ2v) is 5.60. The van der Waals surface area contributed by atoms with Gasteiger partial charge in [-0.25, -0.2) is 4.79 Å². The van der Waals surface area contributed by atoms with Crippen LogP contribution in [0.25, 0.3) is 11.0 Å². The Balaban J connectivity index is 1.83. The van der Waals surface area contributed by atoms with Crippen LogP contribution in [-0.4, -0.2) is 27.3 Å². The maximum Gasteiger partial charge on any atom is 0.336 e. The number of methoxy groups -OCH3 is 3. The van der Waals surface area contributed by atoms with Gasteiger partial charge in [0.2, 0.25) is 5.75 Å². The molecule has 2 aromatic carbocycles. The predicted octanol–water partition coefficient (Wildman–Crippen LogP) is 2.97. The zero-order chi connectivity index (χ0) is 19.4. The molecule has 0 spiro atoms. The van der Waals surface area contributed by atoms with Crippen molar-refractivity contribution in [1.82, 2.24) is 0 Å². The quantitative estimate of drug-likeness (QED) is 0.375. The second-order valence-electron chi connectivity index (χ2n) is 5.60. The molecule has 140 valence electrons. The minimum absolute atomic E-state index is 0.0414. The number of hydrogen-bond acceptors (Lipinski definition) is 7. The molecule has 1 aromatic heterocycles. The standard InChI is InChI=1S/C20H18O7/c1-23-15-8-5-13(19(24-2)20(15)25-3)10-18(22)26-14-7-4-12-6-9-17(21)27-16(12)11-14/h4-9,11H,10H2,1-3H3. The summed E-state index contributed by atoms with van der Waals surface area (Å²) in [7, 11) is 4.49. The number of esters is 1. The summed E-state index contributed by atoms with van der Waals surface area (Å²) in [6.07, 6.45) is -0.0414. The lowest BCUT2D eigenvalue weighted by molar-refractivity contribution is -0.133. The van der Waals surface area contributed by atoms with E-state index in [1.807, 2.05) is 0 Å². The van der Waals surface area contributed by atoms with Gasteiger partial charge in [0.05, 0.1) is 27.8 Å². The molecule has 0 radical (unpaired) electrons. The van der Waals surface area contributed by atoms with Crippen LogP contribution in [0.4, 0.5) is 0 Å². The molecule has 7 heteroatoms. The smallest absolute Gasteiger partial charge is 0.336 e.